The van der Waals surface area contributed by atoms with Gasteiger partial charge in [-0.3, -0.25) is 4.79 Å². The van der Waals surface area contributed by atoms with Crippen LogP contribution in [0.1, 0.15) is 36.1 Å². The molecule has 230 valence electrons. The summed E-state index contributed by atoms with van der Waals surface area (Å²) >= 11 is 0. The summed E-state index contributed by atoms with van der Waals surface area (Å²) in [4.78, 5) is 35.0. The molecule has 0 bridgehead atoms. The molecule has 1 aliphatic carbocycles. The van der Waals surface area contributed by atoms with Gasteiger partial charge in [-0.1, -0.05) is 43.3 Å². The monoisotopic (exact) mass is 593 g/mol. The quantitative estimate of drug-likeness (QED) is 0.249. The van der Waals surface area contributed by atoms with Crippen molar-refractivity contribution in [2.24, 2.45) is 5.92 Å². The molecule has 1 saturated carbocycles. The van der Waals surface area contributed by atoms with Crippen molar-refractivity contribution in [3.8, 4) is 6.01 Å². The number of hydrogen-bond donors (Lipinski definition) is 0. The molecule has 1 amide bonds. The van der Waals surface area contributed by atoms with E-state index in [2.05, 4.69) is 76.5 Å². The lowest BCUT2D eigenvalue weighted by Crippen LogP contribution is -2.56. The molecule has 3 aromatic rings. The standard InChI is InChI=1S/C35H43N7O2/c1-5-32(43)42-18-17-41(23-28(42)21-36-3)34-29-15-16-40(31-14-8-13-27-12-6-9-25(2)33(27)31)24-30(29)37-35(38-34)44-20-19-39(4)22-26-10-7-11-26/h5-6,8-9,12-14,26,28H,1,7,10-11,15-24H2,2,4H3. The molecule has 3 heterocycles. The molecule has 0 N–H and O–H groups in total. The summed E-state index contributed by atoms with van der Waals surface area (Å²) in [6, 6.07) is 13.2. The molecule has 1 unspecified atom stereocenters. The number of benzene rings is 2. The van der Waals surface area contributed by atoms with E-state index >= 15 is 0 Å². The van der Waals surface area contributed by atoms with Crippen molar-refractivity contribution in [2.45, 2.75) is 45.2 Å². The number of aryl methyl sites for hydroxylation is 1. The number of likely N-dealkylation sites (N-methyl/N-ethyl adjacent to an activating group) is 1. The lowest BCUT2D eigenvalue weighted by atomic mass is 9.85. The number of piperazine rings is 1. The van der Waals surface area contributed by atoms with Gasteiger partial charge in [-0.15, -0.1) is 0 Å². The summed E-state index contributed by atoms with van der Waals surface area (Å²) in [6.45, 7) is 19.3. The number of fused-ring (bicyclic) bond motifs is 2. The third kappa shape index (κ3) is 6.22. The minimum absolute atomic E-state index is 0.126. The third-order valence-corrected chi connectivity index (χ3v) is 9.50. The fourth-order valence-electron chi connectivity index (χ4n) is 6.91. The van der Waals surface area contributed by atoms with Crippen LogP contribution in [-0.2, 0) is 17.8 Å². The summed E-state index contributed by atoms with van der Waals surface area (Å²) in [5.41, 5.74) is 4.61. The van der Waals surface area contributed by atoms with Gasteiger partial charge in [0.2, 0.25) is 12.5 Å². The van der Waals surface area contributed by atoms with Crippen LogP contribution in [0.3, 0.4) is 0 Å². The number of amides is 1. The van der Waals surface area contributed by atoms with E-state index in [1.54, 1.807) is 4.90 Å². The SMILES string of the molecule is [C-]#[N+]CC1CN(c2nc(OCCN(C)CC3CCC3)nc3c2CCN(c2cccc4cccc(C)c24)C3)CCN1C(=O)C=C. The lowest BCUT2D eigenvalue weighted by molar-refractivity contribution is -0.128. The molecule has 1 aromatic heterocycles. The van der Waals surface area contributed by atoms with Crippen molar-refractivity contribution in [3.05, 3.63) is 77.3 Å². The second kappa shape index (κ2) is 13.2. The van der Waals surface area contributed by atoms with E-state index in [0.29, 0.717) is 38.8 Å². The van der Waals surface area contributed by atoms with Gasteiger partial charge in [0.05, 0.1) is 12.2 Å². The molecule has 1 atom stereocenters. The van der Waals surface area contributed by atoms with E-state index < -0.39 is 0 Å². The van der Waals surface area contributed by atoms with Crippen molar-refractivity contribution in [2.75, 3.05) is 69.3 Å². The van der Waals surface area contributed by atoms with Gasteiger partial charge >= 0.3 is 6.01 Å². The maximum atomic E-state index is 12.6. The van der Waals surface area contributed by atoms with Gasteiger partial charge < -0.3 is 29.2 Å². The van der Waals surface area contributed by atoms with Crippen molar-refractivity contribution in [1.29, 1.82) is 0 Å². The van der Waals surface area contributed by atoms with Gasteiger partial charge in [-0.2, -0.15) is 9.97 Å². The number of carbonyl (C=O) groups is 1. The molecule has 44 heavy (non-hydrogen) atoms. The zero-order chi connectivity index (χ0) is 30.6. The Morgan fingerprint density at radius 1 is 1.16 bits per heavy atom. The predicted octanol–water partition coefficient (Wildman–Crippen LogP) is 4.73. The number of carbonyl (C=O) groups excluding carboxylic acids is 1. The Labute approximate surface area is 260 Å². The van der Waals surface area contributed by atoms with Crippen LogP contribution in [0.25, 0.3) is 15.6 Å². The van der Waals surface area contributed by atoms with Gasteiger partial charge in [0.25, 0.3) is 0 Å². The highest BCUT2D eigenvalue weighted by molar-refractivity contribution is 5.97. The average Bonchev–Trinajstić information content (AvgIpc) is 3.02. The lowest BCUT2D eigenvalue weighted by Gasteiger charge is -2.41. The fraction of sp³-hybridized carbons (Fsp3) is 0.486. The molecular formula is C35H43N7O2. The largest absolute Gasteiger partial charge is 0.462 e. The summed E-state index contributed by atoms with van der Waals surface area (Å²) in [7, 11) is 2.16. The second-order valence-electron chi connectivity index (χ2n) is 12.5. The maximum absolute atomic E-state index is 12.6. The highest BCUT2D eigenvalue weighted by atomic mass is 16.5. The number of ether oxygens (including phenoxy) is 1. The minimum Gasteiger partial charge on any atom is -0.462 e. The molecule has 1 saturated heterocycles. The number of hydrogen-bond acceptors (Lipinski definition) is 7. The number of rotatable bonds is 10. The van der Waals surface area contributed by atoms with Crippen LogP contribution in [0.2, 0.25) is 0 Å². The summed E-state index contributed by atoms with van der Waals surface area (Å²) in [5, 5.41) is 2.52. The van der Waals surface area contributed by atoms with E-state index in [0.717, 1.165) is 49.0 Å². The smallest absolute Gasteiger partial charge is 0.318 e. The Morgan fingerprint density at radius 2 is 1.98 bits per heavy atom. The van der Waals surface area contributed by atoms with Crippen LogP contribution in [0.5, 0.6) is 6.01 Å². The molecule has 9 heteroatoms. The molecule has 0 radical (unpaired) electrons. The average molecular weight is 594 g/mol. The fourth-order valence-corrected chi connectivity index (χ4v) is 6.91. The highest BCUT2D eigenvalue weighted by Gasteiger charge is 2.35. The van der Waals surface area contributed by atoms with Gasteiger partial charge in [-0.05, 0) is 62.2 Å². The first kappa shape index (κ1) is 29.9. The van der Waals surface area contributed by atoms with E-state index in [4.69, 9.17) is 21.3 Å². The normalized spacial score (nSPS) is 18.6. The van der Waals surface area contributed by atoms with Crippen molar-refractivity contribution >= 4 is 28.2 Å². The van der Waals surface area contributed by atoms with Crippen LogP contribution < -0.4 is 14.5 Å². The molecule has 9 nitrogen and oxygen atoms in total. The van der Waals surface area contributed by atoms with Gasteiger partial charge in [0, 0.05) is 55.9 Å². The first-order valence-corrected chi connectivity index (χ1v) is 15.9. The van der Waals surface area contributed by atoms with E-state index in [1.807, 2.05) is 0 Å². The molecular weight excluding hydrogens is 550 g/mol. The van der Waals surface area contributed by atoms with E-state index in [9.17, 15) is 4.79 Å². The Bertz CT molecular complexity index is 1560. The molecule has 2 aliphatic heterocycles. The Balaban J connectivity index is 1.28. The Morgan fingerprint density at radius 3 is 2.73 bits per heavy atom. The van der Waals surface area contributed by atoms with Crippen LogP contribution >= 0.6 is 0 Å². The molecule has 6 rings (SSSR count). The van der Waals surface area contributed by atoms with Gasteiger partial charge in [0.1, 0.15) is 18.5 Å². The van der Waals surface area contributed by atoms with Crippen LogP contribution in [0.15, 0.2) is 49.1 Å². The van der Waals surface area contributed by atoms with Gasteiger partial charge in [-0.25, -0.2) is 6.57 Å². The summed E-state index contributed by atoms with van der Waals surface area (Å²) in [6.07, 6.45) is 6.15. The first-order valence-electron chi connectivity index (χ1n) is 15.9. The second-order valence-corrected chi connectivity index (χ2v) is 12.5. The van der Waals surface area contributed by atoms with Crippen molar-refractivity contribution in [1.82, 2.24) is 19.8 Å². The zero-order valence-corrected chi connectivity index (χ0v) is 26.0. The van der Waals surface area contributed by atoms with Gasteiger partial charge in [0.15, 0.2) is 0 Å². The molecule has 3 aliphatic rings. The molecule has 2 aromatic carbocycles. The minimum atomic E-state index is -0.222. The van der Waals surface area contributed by atoms with Crippen molar-refractivity contribution < 1.29 is 9.53 Å². The highest BCUT2D eigenvalue weighted by Crippen LogP contribution is 2.36. The Hall–Kier alpha value is -4.16. The zero-order valence-electron chi connectivity index (χ0n) is 26.0. The number of aromatic nitrogens is 2. The number of anilines is 2. The molecule has 2 fully saturated rings. The molecule has 0 spiro atoms. The maximum Gasteiger partial charge on any atom is 0.318 e. The van der Waals surface area contributed by atoms with Crippen LogP contribution in [-0.4, -0.2) is 91.2 Å². The topological polar surface area (TPSA) is 69.4 Å². The number of nitrogens with zero attached hydrogens (tertiary/aromatic N) is 7. The summed E-state index contributed by atoms with van der Waals surface area (Å²) in [5.74, 6) is 1.56. The van der Waals surface area contributed by atoms with Crippen LogP contribution in [0.4, 0.5) is 11.5 Å². The van der Waals surface area contributed by atoms with Crippen molar-refractivity contribution in [3.63, 3.8) is 0 Å². The summed E-state index contributed by atoms with van der Waals surface area (Å²) < 4.78 is 6.25. The Kier molecular flexibility index (Phi) is 8.99. The third-order valence-electron chi connectivity index (χ3n) is 9.50. The van der Waals surface area contributed by atoms with E-state index in [-0.39, 0.29) is 18.5 Å². The van der Waals surface area contributed by atoms with E-state index in [1.165, 1.54) is 47.4 Å². The van der Waals surface area contributed by atoms with Crippen LogP contribution in [0, 0.1) is 19.4 Å². The first-order chi connectivity index (χ1) is 21.4. The predicted molar refractivity (Wildman–Crippen MR) is 175 cm³/mol.